The van der Waals surface area contributed by atoms with Gasteiger partial charge in [0.1, 0.15) is 18.7 Å². The fourth-order valence-electron chi connectivity index (χ4n) is 5.44. The van der Waals surface area contributed by atoms with Crippen LogP contribution in [0.25, 0.3) is 0 Å². The predicted molar refractivity (Wildman–Crippen MR) is 128 cm³/mol. The van der Waals surface area contributed by atoms with Gasteiger partial charge in [0, 0.05) is 45.0 Å². The lowest BCUT2D eigenvalue weighted by Crippen LogP contribution is -2.42. The molecule has 0 aromatic carbocycles. The van der Waals surface area contributed by atoms with Crippen molar-refractivity contribution in [2.24, 2.45) is 5.92 Å². The van der Waals surface area contributed by atoms with Gasteiger partial charge in [-0.05, 0) is 25.2 Å². The van der Waals surface area contributed by atoms with Crippen LogP contribution in [0, 0.1) is 5.92 Å². The Morgan fingerprint density at radius 2 is 1.86 bits per heavy atom. The highest BCUT2D eigenvalue weighted by atomic mass is 19.3. The molecule has 196 valence electrons. The normalized spacial score (nSPS) is 23.2. The molecule has 2 aromatic heterocycles. The molecule has 11 heteroatoms. The summed E-state index contributed by atoms with van der Waals surface area (Å²) in [6.07, 6.45) is 4.30. The zero-order chi connectivity index (χ0) is 25.3. The summed E-state index contributed by atoms with van der Waals surface area (Å²) in [5, 5.41) is 10.8. The molecule has 0 spiro atoms. The maximum absolute atomic E-state index is 13.5. The summed E-state index contributed by atoms with van der Waals surface area (Å²) >= 11 is 0. The number of alkyl halides is 2. The van der Waals surface area contributed by atoms with E-state index in [1.165, 1.54) is 6.33 Å². The molecule has 2 atom stereocenters. The Hall–Kier alpha value is -2.79. The van der Waals surface area contributed by atoms with Gasteiger partial charge in [-0.25, -0.2) is 23.7 Å². The standard InChI is InChI=1S/C25H33F2N5O4/c1-34-21-11-17(12-28-23(21)35-2)31-10-6-20-19(14-31)22(30-15-29-20)36-18-5-9-32(13-18)24(33)16-3-7-25(26,27)8-4-16/h11-12,15-16,18,24,33H,3-10,13-14H2,1-2H3. The van der Waals surface area contributed by atoms with E-state index >= 15 is 0 Å². The van der Waals surface area contributed by atoms with Crippen molar-refractivity contribution >= 4 is 5.69 Å². The molecule has 5 rings (SSSR count). The lowest BCUT2D eigenvalue weighted by Gasteiger charge is -2.35. The predicted octanol–water partition coefficient (Wildman–Crippen LogP) is 3.05. The van der Waals surface area contributed by atoms with Crippen LogP contribution in [0.15, 0.2) is 18.6 Å². The number of aliphatic hydroxyl groups is 1. The van der Waals surface area contributed by atoms with Crippen molar-refractivity contribution in [2.75, 3.05) is 38.8 Å². The zero-order valence-electron chi connectivity index (χ0n) is 20.7. The summed E-state index contributed by atoms with van der Waals surface area (Å²) in [5.41, 5.74) is 2.80. The average Bonchev–Trinajstić information content (AvgIpc) is 3.36. The first-order chi connectivity index (χ1) is 17.4. The summed E-state index contributed by atoms with van der Waals surface area (Å²) in [6, 6.07) is 1.90. The Morgan fingerprint density at radius 1 is 1.06 bits per heavy atom. The van der Waals surface area contributed by atoms with Crippen LogP contribution < -0.4 is 19.1 Å². The van der Waals surface area contributed by atoms with Crippen LogP contribution in [0.3, 0.4) is 0 Å². The van der Waals surface area contributed by atoms with Crippen molar-refractivity contribution in [1.82, 2.24) is 19.9 Å². The van der Waals surface area contributed by atoms with Crippen LogP contribution in [0.2, 0.25) is 0 Å². The van der Waals surface area contributed by atoms with Crippen LogP contribution in [-0.2, 0) is 13.0 Å². The Kier molecular flexibility index (Phi) is 7.11. The third-order valence-corrected chi connectivity index (χ3v) is 7.56. The van der Waals surface area contributed by atoms with Gasteiger partial charge in [-0.3, -0.25) is 4.90 Å². The SMILES string of the molecule is COc1cc(N2CCc3ncnc(OC4CCN(C(O)C5CCC(F)(F)CC5)C4)c3C2)cnc1OC. The van der Waals surface area contributed by atoms with Crippen LogP contribution >= 0.6 is 0 Å². The number of methoxy groups -OCH3 is 2. The molecule has 3 aliphatic rings. The van der Waals surface area contributed by atoms with Crippen molar-refractivity contribution in [3.8, 4) is 17.5 Å². The number of ether oxygens (including phenoxy) is 3. The second kappa shape index (κ2) is 10.3. The van der Waals surface area contributed by atoms with Gasteiger partial charge >= 0.3 is 0 Å². The molecule has 1 N–H and O–H groups in total. The molecule has 0 bridgehead atoms. The highest BCUT2D eigenvalue weighted by molar-refractivity contribution is 5.54. The molecular formula is C25H33F2N5O4. The number of likely N-dealkylation sites (tertiary alicyclic amines) is 1. The molecule has 1 saturated heterocycles. The molecule has 1 saturated carbocycles. The van der Waals surface area contributed by atoms with E-state index in [4.69, 9.17) is 14.2 Å². The Bertz CT molecular complexity index is 1060. The summed E-state index contributed by atoms with van der Waals surface area (Å²) < 4.78 is 44.0. The van der Waals surface area contributed by atoms with E-state index in [-0.39, 0.29) is 24.9 Å². The van der Waals surface area contributed by atoms with Gasteiger partial charge in [0.05, 0.1) is 43.9 Å². The van der Waals surface area contributed by atoms with Crippen molar-refractivity contribution in [1.29, 1.82) is 0 Å². The third kappa shape index (κ3) is 5.17. The minimum absolute atomic E-state index is 0.126. The van der Waals surface area contributed by atoms with Crippen molar-refractivity contribution in [2.45, 2.75) is 63.3 Å². The zero-order valence-corrected chi connectivity index (χ0v) is 20.7. The Morgan fingerprint density at radius 3 is 2.61 bits per heavy atom. The van der Waals surface area contributed by atoms with E-state index in [9.17, 15) is 13.9 Å². The first-order valence-electron chi connectivity index (χ1n) is 12.5. The highest BCUT2D eigenvalue weighted by Crippen LogP contribution is 2.39. The van der Waals surface area contributed by atoms with E-state index in [1.807, 2.05) is 11.0 Å². The van der Waals surface area contributed by atoms with Crippen molar-refractivity contribution < 1.29 is 28.1 Å². The number of hydrogen-bond acceptors (Lipinski definition) is 9. The maximum atomic E-state index is 13.5. The second-order valence-electron chi connectivity index (χ2n) is 9.81. The number of anilines is 1. The van der Waals surface area contributed by atoms with Crippen LogP contribution in [0.1, 0.15) is 43.4 Å². The number of aliphatic hydroxyl groups excluding tert-OH is 1. The Balaban J connectivity index is 1.24. The van der Waals surface area contributed by atoms with E-state index < -0.39 is 12.2 Å². The van der Waals surface area contributed by atoms with Gasteiger partial charge in [0.25, 0.3) is 5.88 Å². The molecule has 0 amide bonds. The molecule has 1 aliphatic carbocycles. The first kappa shape index (κ1) is 24.9. The Labute approximate surface area is 209 Å². The van der Waals surface area contributed by atoms with E-state index in [0.717, 1.165) is 36.3 Å². The van der Waals surface area contributed by atoms with E-state index in [1.54, 1.807) is 20.4 Å². The lowest BCUT2D eigenvalue weighted by atomic mass is 9.85. The number of fused-ring (bicyclic) bond motifs is 1. The second-order valence-corrected chi connectivity index (χ2v) is 9.81. The molecule has 0 radical (unpaired) electrons. The van der Waals surface area contributed by atoms with E-state index in [2.05, 4.69) is 19.9 Å². The van der Waals surface area contributed by atoms with Gasteiger partial charge in [0.2, 0.25) is 11.8 Å². The minimum Gasteiger partial charge on any atom is -0.491 e. The number of hydrogen-bond donors (Lipinski definition) is 1. The van der Waals surface area contributed by atoms with Gasteiger partial charge < -0.3 is 24.2 Å². The number of halogens is 2. The molecule has 2 aliphatic heterocycles. The fourth-order valence-corrected chi connectivity index (χ4v) is 5.44. The van der Waals surface area contributed by atoms with Crippen LogP contribution in [0.4, 0.5) is 14.5 Å². The summed E-state index contributed by atoms with van der Waals surface area (Å²) in [6.45, 7) is 2.54. The molecule has 4 heterocycles. The summed E-state index contributed by atoms with van der Waals surface area (Å²) in [4.78, 5) is 17.4. The quantitative estimate of drug-likeness (QED) is 0.609. The fraction of sp³-hybridized carbons (Fsp3) is 0.640. The molecule has 2 unspecified atom stereocenters. The lowest BCUT2D eigenvalue weighted by molar-refractivity contribution is -0.0938. The van der Waals surface area contributed by atoms with Crippen molar-refractivity contribution in [3.05, 3.63) is 29.8 Å². The molecule has 9 nitrogen and oxygen atoms in total. The van der Waals surface area contributed by atoms with E-state index in [0.29, 0.717) is 50.0 Å². The number of pyridine rings is 1. The molecule has 36 heavy (non-hydrogen) atoms. The largest absolute Gasteiger partial charge is 0.491 e. The van der Waals surface area contributed by atoms with Crippen LogP contribution in [-0.4, -0.2) is 77.1 Å². The molecule has 2 aromatic rings. The maximum Gasteiger partial charge on any atom is 0.256 e. The molecule has 2 fully saturated rings. The van der Waals surface area contributed by atoms with Crippen LogP contribution in [0.5, 0.6) is 17.5 Å². The highest BCUT2D eigenvalue weighted by Gasteiger charge is 2.40. The summed E-state index contributed by atoms with van der Waals surface area (Å²) in [7, 11) is 3.14. The summed E-state index contributed by atoms with van der Waals surface area (Å²) in [5.74, 6) is -1.18. The first-order valence-corrected chi connectivity index (χ1v) is 12.5. The molecular weight excluding hydrogens is 472 g/mol. The monoisotopic (exact) mass is 505 g/mol. The van der Waals surface area contributed by atoms with Gasteiger partial charge in [-0.15, -0.1) is 0 Å². The average molecular weight is 506 g/mol. The van der Waals surface area contributed by atoms with Gasteiger partial charge in [-0.2, -0.15) is 0 Å². The minimum atomic E-state index is -2.60. The number of nitrogens with zero attached hydrogens (tertiary/aromatic N) is 5. The van der Waals surface area contributed by atoms with Gasteiger partial charge in [0.15, 0.2) is 5.75 Å². The third-order valence-electron chi connectivity index (χ3n) is 7.56. The number of aromatic nitrogens is 3. The smallest absolute Gasteiger partial charge is 0.256 e. The van der Waals surface area contributed by atoms with Gasteiger partial charge in [-0.1, -0.05) is 0 Å². The van der Waals surface area contributed by atoms with Crippen molar-refractivity contribution in [3.63, 3.8) is 0 Å². The topological polar surface area (TPSA) is 93.1 Å². The number of rotatable bonds is 7.